The molecule has 3 heterocycles. The monoisotopic (exact) mass is 457 g/mol. The lowest BCUT2D eigenvalue weighted by Crippen LogP contribution is -2.36. The molecule has 1 fully saturated rings. The first kappa shape index (κ1) is 22.2. The van der Waals surface area contributed by atoms with Crippen molar-refractivity contribution in [3.63, 3.8) is 0 Å². The zero-order valence-electron chi connectivity index (χ0n) is 18.9. The number of benzene rings is 2. The highest BCUT2D eigenvalue weighted by Gasteiger charge is 2.15. The molecule has 5 rings (SSSR count). The molecule has 0 unspecified atom stereocenters. The number of morpholine rings is 1. The number of para-hydroxylation sites is 1. The molecule has 0 bridgehead atoms. The fourth-order valence-electron chi connectivity index (χ4n) is 4.26. The molecular weight excluding hydrogens is 430 g/mol. The lowest BCUT2D eigenvalue weighted by molar-refractivity contribution is 0.0372. The minimum atomic E-state index is -0.981. The third kappa shape index (κ3) is 4.98. The van der Waals surface area contributed by atoms with Gasteiger partial charge in [-0.15, -0.1) is 0 Å². The molecule has 2 aromatic carbocycles. The maximum atomic E-state index is 11.5. The molecule has 1 aliphatic heterocycles. The summed E-state index contributed by atoms with van der Waals surface area (Å²) in [7, 11) is 0. The third-order valence-electron chi connectivity index (χ3n) is 6.10. The number of pyridine rings is 1. The summed E-state index contributed by atoms with van der Waals surface area (Å²) in [5.41, 5.74) is 2.41. The highest BCUT2D eigenvalue weighted by molar-refractivity contribution is 6.09. The van der Waals surface area contributed by atoms with Gasteiger partial charge in [0.1, 0.15) is 11.3 Å². The number of anilines is 2. The molecular formula is C26H27N5O3. The molecule has 1 aliphatic rings. The van der Waals surface area contributed by atoms with Crippen LogP contribution >= 0.6 is 0 Å². The second-order valence-electron chi connectivity index (χ2n) is 8.45. The Morgan fingerprint density at radius 2 is 1.85 bits per heavy atom. The van der Waals surface area contributed by atoms with E-state index in [4.69, 9.17) is 14.7 Å². The summed E-state index contributed by atoms with van der Waals surface area (Å²) in [5.74, 6) is 0.396. The molecule has 4 aromatic rings. The second kappa shape index (κ2) is 10.1. The number of fused-ring (bicyclic) bond motifs is 3. The topological polar surface area (TPSA) is 100 Å². The summed E-state index contributed by atoms with van der Waals surface area (Å²) in [6.07, 6.45) is 4.72. The van der Waals surface area contributed by atoms with Crippen LogP contribution in [-0.2, 0) is 11.2 Å². The molecule has 2 N–H and O–H groups in total. The van der Waals surface area contributed by atoms with Crippen molar-refractivity contribution in [2.24, 2.45) is 0 Å². The van der Waals surface area contributed by atoms with Crippen LogP contribution in [0.2, 0.25) is 0 Å². The van der Waals surface area contributed by atoms with Gasteiger partial charge in [0.15, 0.2) is 5.82 Å². The van der Waals surface area contributed by atoms with Crippen LogP contribution < -0.4 is 5.32 Å². The van der Waals surface area contributed by atoms with Gasteiger partial charge in [-0.25, -0.2) is 19.7 Å². The van der Waals surface area contributed by atoms with Crippen LogP contribution in [0.25, 0.3) is 21.8 Å². The number of aromatic carboxylic acids is 1. The smallest absolute Gasteiger partial charge is 0.335 e. The van der Waals surface area contributed by atoms with Gasteiger partial charge in [-0.3, -0.25) is 4.90 Å². The lowest BCUT2D eigenvalue weighted by atomic mass is 10.1. The molecule has 8 nitrogen and oxygen atoms in total. The Bertz CT molecular complexity index is 1310. The summed E-state index contributed by atoms with van der Waals surface area (Å²) >= 11 is 0. The minimum Gasteiger partial charge on any atom is -0.478 e. The molecule has 174 valence electrons. The van der Waals surface area contributed by atoms with Gasteiger partial charge < -0.3 is 15.2 Å². The highest BCUT2D eigenvalue weighted by Crippen LogP contribution is 2.30. The van der Waals surface area contributed by atoms with Crippen molar-refractivity contribution in [3.8, 4) is 0 Å². The highest BCUT2D eigenvalue weighted by atomic mass is 16.5. The number of unbranched alkanes of at least 4 members (excludes halogenated alkanes) is 1. The Kier molecular flexibility index (Phi) is 6.60. The van der Waals surface area contributed by atoms with Crippen LogP contribution in [0, 0.1) is 0 Å². The van der Waals surface area contributed by atoms with Crippen molar-refractivity contribution >= 4 is 39.3 Å². The zero-order chi connectivity index (χ0) is 23.3. The normalized spacial score (nSPS) is 14.5. The first-order valence-corrected chi connectivity index (χ1v) is 11.6. The first-order valence-electron chi connectivity index (χ1n) is 11.6. The standard InChI is InChI=1S/C26H27N5O3/c32-26(33)18-9-10-20-21-17-27-23(8-4-5-11-31-12-14-34-15-13-31)30-24(21)25(29-22(20)16-18)28-19-6-2-1-3-7-19/h1-3,6-7,9-10,16-17H,4-5,8,11-15H2,(H,28,29)(H,32,33). The van der Waals surface area contributed by atoms with Gasteiger partial charge in [0.2, 0.25) is 0 Å². The lowest BCUT2D eigenvalue weighted by Gasteiger charge is -2.26. The molecule has 1 saturated heterocycles. The number of ether oxygens (including phenoxy) is 1. The van der Waals surface area contributed by atoms with Crippen LogP contribution in [0.5, 0.6) is 0 Å². The Hall–Kier alpha value is -3.62. The molecule has 0 amide bonds. The number of nitrogens with one attached hydrogen (secondary N) is 1. The van der Waals surface area contributed by atoms with Crippen molar-refractivity contribution in [1.82, 2.24) is 19.9 Å². The molecule has 8 heteroatoms. The van der Waals surface area contributed by atoms with Crippen molar-refractivity contribution in [1.29, 1.82) is 0 Å². The van der Waals surface area contributed by atoms with E-state index in [0.29, 0.717) is 11.3 Å². The van der Waals surface area contributed by atoms with Gasteiger partial charge in [-0.05, 0) is 43.7 Å². The number of aryl methyl sites for hydroxylation is 1. The van der Waals surface area contributed by atoms with Gasteiger partial charge in [0.05, 0.1) is 24.3 Å². The van der Waals surface area contributed by atoms with Crippen molar-refractivity contribution in [2.45, 2.75) is 19.3 Å². The number of hydrogen-bond donors (Lipinski definition) is 2. The number of hydrogen-bond acceptors (Lipinski definition) is 7. The fourth-order valence-corrected chi connectivity index (χ4v) is 4.26. The summed E-state index contributed by atoms with van der Waals surface area (Å²) in [4.78, 5) is 28.2. The zero-order valence-corrected chi connectivity index (χ0v) is 18.9. The second-order valence-corrected chi connectivity index (χ2v) is 8.45. The quantitative estimate of drug-likeness (QED) is 0.299. The average molecular weight is 458 g/mol. The molecule has 0 aliphatic carbocycles. The Balaban J connectivity index is 1.44. The van der Waals surface area contributed by atoms with E-state index < -0.39 is 5.97 Å². The predicted molar refractivity (Wildman–Crippen MR) is 132 cm³/mol. The van der Waals surface area contributed by atoms with Gasteiger partial charge in [0.25, 0.3) is 0 Å². The number of carboxylic acids is 1. The largest absolute Gasteiger partial charge is 0.478 e. The van der Waals surface area contributed by atoms with Crippen LogP contribution in [0.1, 0.15) is 29.0 Å². The van der Waals surface area contributed by atoms with Crippen LogP contribution in [0.3, 0.4) is 0 Å². The maximum Gasteiger partial charge on any atom is 0.335 e. The SMILES string of the molecule is O=C(O)c1ccc2c(c1)nc(Nc1ccccc1)c1nc(CCCCN3CCOCC3)ncc12. The van der Waals surface area contributed by atoms with Gasteiger partial charge in [-0.2, -0.15) is 0 Å². The molecule has 34 heavy (non-hydrogen) atoms. The number of carboxylic acid groups (broad SMARTS) is 1. The van der Waals surface area contributed by atoms with E-state index in [9.17, 15) is 9.90 Å². The summed E-state index contributed by atoms with van der Waals surface area (Å²) in [5, 5.41) is 14.4. The van der Waals surface area contributed by atoms with Gasteiger partial charge in [0, 0.05) is 42.2 Å². The van der Waals surface area contributed by atoms with Crippen molar-refractivity contribution < 1.29 is 14.6 Å². The van der Waals surface area contributed by atoms with E-state index in [1.807, 2.05) is 36.5 Å². The van der Waals surface area contributed by atoms with Crippen LogP contribution in [0.15, 0.2) is 54.7 Å². The predicted octanol–water partition coefficient (Wildman–Crippen LogP) is 4.27. The summed E-state index contributed by atoms with van der Waals surface area (Å²) < 4.78 is 5.42. The minimum absolute atomic E-state index is 0.197. The summed E-state index contributed by atoms with van der Waals surface area (Å²) in [6.45, 7) is 4.71. The molecule has 0 radical (unpaired) electrons. The average Bonchev–Trinajstić information content (AvgIpc) is 2.87. The van der Waals surface area contributed by atoms with Crippen molar-refractivity contribution in [3.05, 3.63) is 66.1 Å². The summed E-state index contributed by atoms with van der Waals surface area (Å²) in [6, 6.07) is 14.7. The fraction of sp³-hybridized carbons (Fsp3) is 0.308. The number of rotatable bonds is 8. The van der Waals surface area contributed by atoms with E-state index >= 15 is 0 Å². The van der Waals surface area contributed by atoms with Crippen LogP contribution in [-0.4, -0.2) is 63.8 Å². The molecule has 2 aromatic heterocycles. The molecule has 0 atom stereocenters. The maximum absolute atomic E-state index is 11.5. The number of aromatic nitrogens is 3. The van der Waals surface area contributed by atoms with E-state index in [1.54, 1.807) is 18.2 Å². The van der Waals surface area contributed by atoms with Crippen molar-refractivity contribution in [2.75, 3.05) is 38.2 Å². The van der Waals surface area contributed by atoms with E-state index in [1.165, 1.54) is 0 Å². The Morgan fingerprint density at radius 1 is 1.03 bits per heavy atom. The Morgan fingerprint density at radius 3 is 2.65 bits per heavy atom. The third-order valence-corrected chi connectivity index (χ3v) is 6.10. The number of carbonyl (C=O) groups is 1. The van der Waals surface area contributed by atoms with Gasteiger partial charge in [-0.1, -0.05) is 24.3 Å². The van der Waals surface area contributed by atoms with E-state index in [-0.39, 0.29) is 5.56 Å². The Labute approximate surface area is 197 Å². The van der Waals surface area contributed by atoms with Gasteiger partial charge >= 0.3 is 5.97 Å². The number of nitrogens with zero attached hydrogens (tertiary/aromatic N) is 4. The van der Waals surface area contributed by atoms with E-state index in [2.05, 4.69) is 15.2 Å². The van der Waals surface area contributed by atoms with Crippen LogP contribution in [0.4, 0.5) is 11.5 Å². The molecule has 0 saturated carbocycles. The first-order chi connectivity index (χ1) is 16.7. The molecule has 0 spiro atoms. The van der Waals surface area contributed by atoms with E-state index in [0.717, 1.165) is 79.9 Å².